The zero-order valence-corrected chi connectivity index (χ0v) is 12.7. The minimum absolute atomic E-state index is 0.0827. The summed E-state index contributed by atoms with van der Waals surface area (Å²) in [7, 11) is 1.61. The molecule has 1 amide bonds. The first kappa shape index (κ1) is 15.4. The fraction of sp³-hybridized carbons (Fsp3) is 0.438. The second-order valence-electron chi connectivity index (χ2n) is 5.56. The Hall–Kier alpha value is -2.01. The number of aromatic amines is 1. The number of benzene rings is 1. The van der Waals surface area contributed by atoms with Crippen LogP contribution in [0.4, 0.5) is 0 Å². The van der Waals surface area contributed by atoms with Gasteiger partial charge in [0.05, 0.1) is 19.3 Å². The highest BCUT2D eigenvalue weighted by molar-refractivity contribution is 5.98. The molecule has 114 valence electrons. The molecule has 1 unspecified atom stereocenters. The van der Waals surface area contributed by atoms with Crippen molar-refractivity contribution in [2.24, 2.45) is 0 Å². The summed E-state index contributed by atoms with van der Waals surface area (Å²) in [6, 6.07) is 7.38. The van der Waals surface area contributed by atoms with Gasteiger partial charge in [-0.3, -0.25) is 4.79 Å². The molecule has 1 atom stereocenters. The largest absolute Gasteiger partial charge is 0.497 e. The molecule has 0 aliphatic heterocycles. The maximum absolute atomic E-state index is 12.3. The van der Waals surface area contributed by atoms with Gasteiger partial charge in [-0.2, -0.15) is 0 Å². The Balaban J connectivity index is 2.23. The van der Waals surface area contributed by atoms with E-state index < -0.39 is 5.54 Å². The molecule has 0 fully saturated rings. The average molecular weight is 290 g/mol. The number of methoxy groups -OCH3 is 1. The Bertz CT molecular complexity index is 635. The number of H-pyrrole nitrogens is 1. The molecule has 0 aliphatic carbocycles. The molecule has 5 nitrogen and oxygen atoms in total. The summed E-state index contributed by atoms with van der Waals surface area (Å²) < 4.78 is 5.17. The number of aromatic nitrogens is 1. The molecule has 5 heteroatoms. The fourth-order valence-corrected chi connectivity index (χ4v) is 2.43. The molecule has 21 heavy (non-hydrogen) atoms. The predicted molar refractivity (Wildman–Crippen MR) is 82.7 cm³/mol. The third-order valence-corrected chi connectivity index (χ3v) is 3.64. The molecule has 0 radical (unpaired) electrons. The van der Waals surface area contributed by atoms with Crippen LogP contribution >= 0.6 is 0 Å². The third kappa shape index (κ3) is 3.36. The van der Waals surface area contributed by atoms with Gasteiger partial charge in [0, 0.05) is 10.9 Å². The number of amides is 1. The molecule has 3 N–H and O–H groups in total. The quantitative estimate of drug-likeness (QED) is 0.765. The van der Waals surface area contributed by atoms with Crippen LogP contribution in [-0.4, -0.2) is 35.3 Å². The van der Waals surface area contributed by atoms with Gasteiger partial charge in [-0.1, -0.05) is 13.3 Å². The third-order valence-electron chi connectivity index (χ3n) is 3.64. The van der Waals surface area contributed by atoms with Crippen molar-refractivity contribution < 1.29 is 14.6 Å². The van der Waals surface area contributed by atoms with Crippen LogP contribution in [0.2, 0.25) is 0 Å². The molecule has 2 rings (SSSR count). The first-order valence-corrected chi connectivity index (χ1v) is 7.11. The van der Waals surface area contributed by atoms with Gasteiger partial charge in [0.1, 0.15) is 11.4 Å². The van der Waals surface area contributed by atoms with Crippen molar-refractivity contribution in [3.05, 3.63) is 30.0 Å². The number of nitrogens with one attached hydrogen (secondary N) is 2. The summed E-state index contributed by atoms with van der Waals surface area (Å²) in [5.41, 5.74) is 0.761. The minimum Gasteiger partial charge on any atom is -0.497 e. The van der Waals surface area contributed by atoms with Gasteiger partial charge in [-0.05, 0) is 37.6 Å². The van der Waals surface area contributed by atoms with Crippen LogP contribution in [0.25, 0.3) is 10.9 Å². The van der Waals surface area contributed by atoms with E-state index >= 15 is 0 Å². The number of carbonyl (C=O) groups excluding carboxylic acids is 1. The Morgan fingerprint density at radius 1 is 1.43 bits per heavy atom. The second kappa shape index (κ2) is 6.18. The maximum Gasteiger partial charge on any atom is 0.268 e. The number of carbonyl (C=O) groups is 1. The van der Waals surface area contributed by atoms with Crippen molar-refractivity contribution in [2.75, 3.05) is 13.7 Å². The molecule has 0 saturated heterocycles. The fourth-order valence-electron chi connectivity index (χ4n) is 2.43. The summed E-state index contributed by atoms with van der Waals surface area (Å²) >= 11 is 0. The lowest BCUT2D eigenvalue weighted by Crippen LogP contribution is -2.48. The first-order valence-electron chi connectivity index (χ1n) is 7.11. The molecular formula is C16H22N2O3. The van der Waals surface area contributed by atoms with E-state index in [0.717, 1.165) is 29.5 Å². The molecule has 0 spiro atoms. The topological polar surface area (TPSA) is 74.3 Å². The number of rotatable bonds is 6. The standard InChI is InChI=1S/C16H22N2O3/c1-4-7-16(2,10-19)18-15(20)14-9-11-8-12(21-3)5-6-13(11)17-14/h5-6,8-9,17,19H,4,7,10H2,1-3H3,(H,18,20). The molecule has 2 aromatic rings. The highest BCUT2D eigenvalue weighted by Crippen LogP contribution is 2.22. The lowest BCUT2D eigenvalue weighted by Gasteiger charge is -2.28. The van der Waals surface area contributed by atoms with Crippen molar-refractivity contribution in [2.45, 2.75) is 32.2 Å². The van der Waals surface area contributed by atoms with E-state index in [1.807, 2.05) is 32.0 Å². The van der Waals surface area contributed by atoms with Gasteiger partial charge in [0.25, 0.3) is 5.91 Å². The number of aliphatic hydroxyl groups is 1. The van der Waals surface area contributed by atoms with Crippen LogP contribution in [0.5, 0.6) is 5.75 Å². The van der Waals surface area contributed by atoms with Crippen molar-refractivity contribution in [3.63, 3.8) is 0 Å². The zero-order chi connectivity index (χ0) is 15.5. The van der Waals surface area contributed by atoms with E-state index in [2.05, 4.69) is 10.3 Å². The summed E-state index contributed by atoms with van der Waals surface area (Å²) in [6.45, 7) is 3.79. The number of fused-ring (bicyclic) bond motifs is 1. The van der Waals surface area contributed by atoms with Crippen LogP contribution < -0.4 is 10.1 Å². The van der Waals surface area contributed by atoms with Gasteiger partial charge in [0.2, 0.25) is 0 Å². The maximum atomic E-state index is 12.3. The normalized spacial score (nSPS) is 13.9. The van der Waals surface area contributed by atoms with Crippen molar-refractivity contribution in [3.8, 4) is 5.75 Å². The van der Waals surface area contributed by atoms with Crippen LogP contribution in [0, 0.1) is 0 Å². The Morgan fingerprint density at radius 2 is 2.19 bits per heavy atom. The van der Waals surface area contributed by atoms with Crippen LogP contribution in [-0.2, 0) is 0 Å². The van der Waals surface area contributed by atoms with E-state index in [-0.39, 0.29) is 12.5 Å². The van der Waals surface area contributed by atoms with E-state index in [1.54, 1.807) is 13.2 Å². The molecule has 0 saturated carbocycles. The van der Waals surface area contributed by atoms with Gasteiger partial charge < -0.3 is 20.1 Å². The summed E-state index contributed by atoms with van der Waals surface area (Å²) in [4.78, 5) is 15.4. The number of hydrogen-bond acceptors (Lipinski definition) is 3. The Kier molecular flexibility index (Phi) is 4.53. The monoisotopic (exact) mass is 290 g/mol. The van der Waals surface area contributed by atoms with E-state index in [4.69, 9.17) is 4.74 Å². The van der Waals surface area contributed by atoms with Crippen LogP contribution in [0.3, 0.4) is 0 Å². The van der Waals surface area contributed by atoms with Crippen molar-refractivity contribution >= 4 is 16.8 Å². The molecule has 1 aromatic heterocycles. The minimum atomic E-state index is -0.596. The van der Waals surface area contributed by atoms with Gasteiger partial charge in [-0.25, -0.2) is 0 Å². The lowest BCUT2D eigenvalue weighted by atomic mass is 9.97. The van der Waals surface area contributed by atoms with E-state index in [1.165, 1.54) is 0 Å². The molecule has 0 aliphatic rings. The van der Waals surface area contributed by atoms with Crippen LogP contribution in [0.1, 0.15) is 37.2 Å². The number of hydrogen-bond donors (Lipinski definition) is 3. The van der Waals surface area contributed by atoms with E-state index in [0.29, 0.717) is 5.69 Å². The molecule has 1 heterocycles. The summed E-state index contributed by atoms with van der Waals surface area (Å²) in [6.07, 6.45) is 1.62. The summed E-state index contributed by atoms with van der Waals surface area (Å²) in [5, 5.41) is 13.3. The number of ether oxygens (including phenoxy) is 1. The van der Waals surface area contributed by atoms with Crippen molar-refractivity contribution in [1.29, 1.82) is 0 Å². The molecule has 0 bridgehead atoms. The zero-order valence-electron chi connectivity index (χ0n) is 12.7. The highest BCUT2D eigenvalue weighted by atomic mass is 16.5. The average Bonchev–Trinajstić information content (AvgIpc) is 2.90. The SMILES string of the molecule is CCCC(C)(CO)NC(=O)c1cc2cc(OC)ccc2[nH]1. The van der Waals surface area contributed by atoms with Crippen molar-refractivity contribution in [1.82, 2.24) is 10.3 Å². The smallest absolute Gasteiger partial charge is 0.268 e. The van der Waals surface area contributed by atoms with Crippen LogP contribution in [0.15, 0.2) is 24.3 Å². The Labute approximate surface area is 124 Å². The van der Waals surface area contributed by atoms with Gasteiger partial charge in [-0.15, -0.1) is 0 Å². The lowest BCUT2D eigenvalue weighted by molar-refractivity contribution is 0.0836. The van der Waals surface area contributed by atoms with E-state index in [9.17, 15) is 9.90 Å². The predicted octanol–water partition coefficient (Wildman–Crippen LogP) is 2.46. The Morgan fingerprint density at radius 3 is 2.81 bits per heavy atom. The molecular weight excluding hydrogens is 268 g/mol. The highest BCUT2D eigenvalue weighted by Gasteiger charge is 2.25. The van der Waals surface area contributed by atoms with Gasteiger partial charge >= 0.3 is 0 Å². The van der Waals surface area contributed by atoms with Gasteiger partial charge in [0.15, 0.2) is 0 Å². The number of aliphatic hydroxyl groups excluding tert-OH is 1. The second-order valence-corrected chi connectivity index (χ2v) is 5.56. The summed E-state index contributed by atoms with van der Waals surface area (Å²) in [5.74, 6) is 0.537. The first-order chi connectivity index (χ1) is 10.0. The molecule has 1 aromatic carbocycles.